The minimum atomic E-state index is -1.05. The first-order valence-electron chi connectivity index (χ1n) is 25.1. The Kier molecular flexibility index (Phi) is 22.4. The molecule has 420 valence electrons. The van der Waals surface area contributed by atoms with Gasteiger partial charge in [0.15, 0.2) is 0 Å². The van der Waals surface area contributed by atoms with Gasteiger partial charge in [-0.2, -0.15) is 19.6 Å². The Morgan fingerprint density at radius 3 is 1.36 bits per heavy atom. The van der Waals surface area contributed by atoms with Crippen LogP contribution in [0, 0.1) is 0 Å². The average Bonchev–Trinajstić information content (AvgIpc) is 4.11. The monoisotopic (exact) mass is 1110 g/mol. The van der Waals surface area contributed by atoms with E-state index in [2.05, 4.69) is 25.7 Å². The van der Waals surface area contributed by atoms with Crippen LogP contribution in [-0.2, 0) is 19.1 Å². The number of anilines is 2. The number of benzene rings is 5. The molecule has 0 atom stereocenters. The maximum Gasteiger partial charge on any atom is 0.435 e. The summed E-state index contributed by atoms with van der Waals surface area (Å²) in [4.78, 5) is 84.3. The Morgan fingerprint density at radius 1 is 0.550 bits per heavy atom. The first-order valence-corrected chi connectivity index (χ1v) is 25.7. The van der Waals surface area contributed by atoms with Crippen LogP contribution < -0.4 is 20.1 Å². The van der Waals surface area contributed by atoms with Gasteiger partial charge in [0.25, 0.3) is 11.8 Å². The second-order valence-corrected chi connectivity index (χ2v) is 19.9. The predicted molar refractivity (Wildman–Crippen MR) is 301 cm³/mol. The number of carbonyl (C=O) groups excluding carboxylic acids is 6. The molecule has 1 fully saturated rings. The van der Waals surface area contributed by atoms with Crippen molar-refractivity contribution in [1.29, 1.82) is 0 Å². The number of nitrogens with zero attached hydrogens (tertiary/aromatic N) is 5. The molecule has 3 heterocycles. The van der Waals surface area contributed by atoms with Crippen LogP contribution in [0.25, 0.3) is 22.5 Å². The maximum atomic E-state index is 12.6. The van der Waals surface area contributed by atoms with Crippen molar-refractivity contribution in [2.24, 2.45) is 0 Å². The van der Waals surface area contributed by atoms with Crippen LogP contribution in [0.15, 0.2) is 146 Å². The van der Waals surface area contributed by atoms with E-state index in [1.807, 2.05) is 6.07 Å². The van der Waals surface area contributed by atoms with Gasteiger partial charge in [0.05, 0.1) is 35.3 Å². The van der Waals surface area contributed by atoms with Gasteiger partial charge in [-0.25, -0.2) is 14.4 Å². The van der Waals surface area contributed by atoms with Crippen molar-refractivity contribution in [3.63, 3.8) is 0 Å². The van der Waals surface area contributed by atoms with Crippen molar-refractivity contribution >= 4 is 64.9 Å². The molecule has 1 aliphatic heterocycles. The Balaban J connectivity index is 0.000000218. The largest absolute Gasteiger partial charge is 0.508 e. The summed E-state index contributed by atoms with van der Waals surface area (Å²) in [5.41, 5.74) is 2.98. The third kappa shape index (κ3) is 20.3. The Labute approximate surface area is 468 Å². The van der Waals surface area contributed by atoms with Gasteiger partial charge in [0.1, 0.15) is 28.5 Å². The summed E-state index contributed by atoms with van der Waals surface area (Å²) in [7, 11) is 0. The van der Waals surface area contributed by atoms with Gasteiger partial charge in [-0.05, 0) is 158 Å². The molecule has 5 aromatic carbocycles. The van der Waals surface area contributed by atoms with E-state index in [-0.39, 0.29) is 34.6 Å². The van der Waals surface area contributed by atoms with Crippen molar-refractivity contribution in [3.8, 4) is 39.8 Å². The highest BCUT2D eigenvalue weighted by Crippen LogP contribution is 2.27. The molecule has 0 aliphatic carbocycles. The lowest BCUT2D eigenvalue weighted by molar-refractivity contribution is -0.132. The van der Waals surface area contributed by atoms with Crippen LogP contribution in [-0.4, -0.2) is 107 Å². The third-order valence-electron chi connectivity index (χ3n) is 10.7. The molecule has 20 nitrogen and oxygen atoms in total. The number of nitrogens with one attached hydrogen (secondary N) is 2. The van der Waals surface area contributed by atoms with Crippen LogP contribution >= 0.6 is 11.6 Å². The number of phenols is 1. The number of amides is 2. The average molecular weight is 1110 g/mol. The van der Waals surface area contributed by atoms with E-state index in [4.69, 9.17) is 35.7 Å². The first kappa shape index (κ1) is 61.7. The number of piperidine rings is 1. The van der Waals surface area contributed by atoms with Crippen LogP contribution in [0.3, 0.4) is 0 Å². The zero-order chi connectivity index (χ0) is 58.6. The molecule has 0 unspecified atom stereocenters. The zero-order valence-electron chi connectivity index (χ0n) is 45.6. The number of carbonyl (C=O) groups is 7. The lowest BCUT2D eigenvalue weighted by Gasteiger charge is -2.23. The lowest BCUT2D eigenvalue weighted by Crippen LogP contribution is -2.28. The summed E-state index contributed by atoms with van der Waals surface area (Å²) in [5, 5.41) is 31.8. The fourth-order valence-electron chi connectivity index (χ4n) is 7.32. The van der Waals surface area contributed by atoms with Crippen molar-refractivity contribution in [2.45, 2.75) is 85.9 Å². The third-order valence-corrected chi connectivity index (χ3v) is 11.0. The summed E-state index contributed by atoms with van der Waals surface area (Å²) < 4.78 is 22.8. The Morgan fingerprint density at radius 2 is 0.963 bits per heavy atom. The highest BCUT2D eigenvalue weighted by atomic mass is 35.5. The number of esters is 2. The minimum absolute atomic E-state index is 0.0164. The number of alkyl halides is 1. The van der Waals surface area contributed by atoms with Gasteiger partial charge in [-0.1, -0.05) is 48.9 Å². The van der Waals surface area contributed by atoms with E-state index >= 15 is 0 Å². The van der Waals surface area contributed by atoms with Crippen molar-refractivity contribution in [2.75, 3.05) is 29.7 Å². The number of halogens is 1. The van der Waals surface area contributed by atoms with Crippen molar-refractivity contribution < 1.29 is 62.7 Å². The number of aromatic carboxylic acids is 1. The van der Waals surface area contributed by atoms with E-state index in [1.165, 1.54) is 110 Å². The van der Waals surface area contributed by atoms with Gasteiger partial charge >= 0.3 is 30.1 Å². The highest BCUT2D eigenvalue weighted by Gasteiger charge is 2.23. The minimum Gasteiger partial charge on any atom is -0.508 e. The fourth-order valence-corrected chi connectivity index (χ4v) is 7.55. The summed E-state index contributed by atoms with van der Waals surface area (Å²) in [6.07, 6.45) is 5.92. The lowest BCUT2D eigenvalue weighted by atomic mass is 10.1. The van der Waals surface area contributed by atoms with Crippen molar-refractivity contribution in [3.05, 3.63) is 163 Å². The van der Waals surface area contributed by atoms with Gasteiger partial charge in [0.2, 0.25) is 0 Å². The van der Waals surface area contributed by atoms with E-state index in [0.29, 0.717) is 45.0 Å². The topological polar surface area (TPSA) is 260 Å². The molecule has 4 N–H and O–H groups in total. The van der Waals surface area contributed by atoms with E-state index < -0.39 is 41.3 Å². The number of hydrogen-bond acceptors (Lipinski definition) is 15. The number of carboxylic acid groups (broad SMARTS) is 1. The first-order chi connectivity index (χ1) is 37.9. The van der Waals surface area contributed by atoms with Crippen molar-refractivity contribution in [1.82, 2.24) is 24.5 Å². The number of hydrogen-bond donors (Lipinski definition) is 4. The quantitative estimate of drug-likeness (QED) is 0.0429. The number of phenolic OH excluding ortho intramolecular Hbond substituents is 1. The smallest absolute Gasteiger partial charge is 0.435 e. The summed E-state index contributed by atoms with van der Waals surface area (Å²) in [5.74, 6) is -2.16. The second kappa shape index (κ2) is 29.0. The normalized spacial score (nSPS) is 12.0. The number of likely N-dealkylation sites (tertiary alicyclic amines) is 1. The number of aromatic nitrogens is 4. The highest BCUT2D eigenvalue weighted by molar-refractivity contribution is 6.17. The maximum absolute atomic E-state index is 12.6. The van der Waals surface area contributed by atoms with Gasteiger partial charge < -0.3 is 39.8 Å². The van der Waals surface area contributed by atoms with E-state index in [1.54, 1.807) is 126 Å². The zero-order valence-corrected chi connectivity index (χ0v) is 46.4. The van der Waals surface area contributed by atoms with Gasteiger partial charge in [-0.3, -0.25) is 24.1 Å². The summed E-state index contributed by atoms with van der Waals surface area (Å²) in [6, 6.07) is 36.3. The second-order valence-electron chi connectivity index (χ2n) is 19.7. The molecule has 2 aromatic heterocycles. The van der Waals surface area contributed by atoms with Crippen LogP contribution in [0.5, 0.6) is 17.2 Å². The molecule has 21 heteroatoms. The van der Waals surface area contributed by atoms with E-state index in [0.717, 1.165) is 6.00 Å². The molecular formula is C59H64ClN7O13. The van der Waals surface area contributed by atoms with Gasteiger partial charge in [-0.15, -0.1) is 11.6 Å². The molecule has 2 amide bonds. The summed E-state index contributed by atoms with van der Waals surface area (Å²) in [6.45, 7) is 15.7. The molecule has 7 aromatic rings. The predicted octanol–water partition coefficient (Wildman–Crippen LogP) is 11.8. The number of ether oxygens (including phenoxy) is 4. The number of rotatable bonds is 10. The molecule has 80 heavy (non-hydrogen) atoms. The standard InChI is InChI=1S/C23H23N3O5.C21H21N3O4.C9H8O4.C6H12ClN/c1-15(27)30-19-10-6-8-17(14-19)21(28)25-18-9-5-7-16(13-18)20-11-12-24-26(20)22(29)31-23(2,3)4;1-21(2,3)28-20(27)24-18(10-11-22-24)14-6-4-8-16(12-14)23-19(26)15-7-5-9-17(25)13-15;1-6(10)13-8-4-2-3-7(5-8)9(11)12;7-6-8-4-2-1-3-5-8/h5-14H,1-4H3,(H,25,28);4-13,25H,1-3H3,(H,23,26);2-5H,1H3,(H,11,12);1-6H2. The molecular weight excluding hydrogens is 1050 g/mol. The van der Waals surface area contributed by atoms with Crippen LogP contribution in [0.4, 0.5) is 21.0 Å². The van der Waals surface area contributed by atoms with Crippen LogP contribution in [0.2, 0.25) is 0 Å². The fraction of sp³-hybridized carbons (Fsp3) is 0.271. The number of aromatic hydroxyl groups is 1. The van der Waals surface area contributed by atoms with E-state index in [9.17, 15) is 38.7 Å². The summed E-state index contributed by atoms with van der Waals surface area (Å²) >= 11 is 5.61. The Hall–Kier alpha value is -9.14. The number of carboxylic acids is 1. The SMILES string of the molecule is CC(=O)Oc1cccc(C(=O)Nc2cccc(-c3ccnn3C(=O)OC(C)(C)C)c2)c1.CC(=O)Oc1cccc(C(=O)O)c1.CC(C)(C)OC(=O)n1nccc1-c1cccc(NC(=O)c2cccc(O)c2)c1.ClCN1CCCCC1. The molecule has 1 saturated heterocycles. The molecule has 0 bridgehead atoms. The molecule has 0 spiro atoms. The molecule has 1 aliphatic rings. The van der Waals surface area contributed by atoms with Gasteiger partial charge in [0, 0.05) is 47.5 Å². The Bertz CT molecular complexity index is 3280. The molecule has 0 saturated carbocycles. The molecule has 8 rings (SSSR count). The van der Waals surface area contributed by atoms with Crippen LogP contribution in [0.1, 0.15) is 106 Å². The molecule has 0 radical (unpaired) electrons.